The summed E-state index contributed by atoms with van der Waals surface area (Å²) in [6, 6.07) is 0. The van der Waals surface area contributed by atoms with Gasteiger partial charge in [0.2, 0.25) is 0 Å². The van der Waals surface area contributed by atoms with Gasteiger partial charge in [-0.1, -0.05) is 23.6 Å². The van der Waals surface area contributed by atoms with Gasteiger partial charge in [0.15, 0.2) is 0 Å². The molecule has 0 aromatic rings. The molecule has 0 amide bonds. The Morgan fingerprint density at radius 1 is 1.55 bits per heavy atom. The van der Waals surface area contributed by atoms with Crippen molar-refractivity contribution in [2.45, 2.75) is 13.3 Å². The molecule has 0 N–H and O–H groups in total. The van der Waals surface area contributed by atoms with E-state index in [0.29, 0.717) is 12.0 Å². The lowest BCUT2D eigenvalue weighted by Gasteiger charge is -1.90. The highest BCUT2D eigenvalue weighted by molar-refractivity contribution is 5.43. The first-order chi connectivity index (χ1) is 5.24. The number of hydrogen-bond acceptors (Lipinski definition) is 0. The average Bonchev–Trinajstić information content (AvgIpc) is 2.15. The number of allylic oxidation sites excluding steroid dienone is 6. The van der Waals surface area contributed by atoms with Crippen LogP contribution in [0.15, 0.2) is 35.2 Å². The van der Waals surface area contributed by atoms with E-state index in [0.717, 1.165) is 5.57 Å². The van der Waals surface area contributed by atoms with Gasteiger partial charge in [0.05, 0.1) is 5.57 Å². The predicted molar refractivity (Wildman–Crippen MR) is 44.5 cm³/mol. The van der Waals surface area contributed by atoms with Gasteiger partial charge >= 0.3 is 0 Å². The maximum atomic E-state index is 12.9. The zero-order valence-electron chi connectivity index (χ0n) is 6.39. The monoisotopic (exact) mass is 148 g/mol. The molecule has 0 radical (unpaired) electrons. The van der Waals surface area contributed by atoms with Crippen molar-refractivity contribution in [2.24, 2.45) is 0 Å². The summed E-state index contributed by atoms with van der Waals surface area (Å²) in [6.45, 7) is 1.92. The molecule has 0 atom stereocenters. The van der Waals surface area contributed by atoms with Crippen molar-refractivity contribution < 1.29 is 4.39 Å². The molecule has 0 unspecified atom stereocenters. The largest absolute Gasteiger partial charge is 0.210 e. The molecule has 0 fully saturated rings. The summed E-state index contributed by atoms with van der Waals surface area (Å²) in [7, 11) is 0. The van der Waals surface area contributed by atoms with Gasteiger partial charge in [0.25, 0.3) is 0 Å². The van der Waals surface area contributed by atoms with Crippen LogP contribution in [0.25, 0.3) is 0 Å². The molecule has 0 bridgehead atoms. The lowest BCUT2D eigenvalue weighted by Crippen LogP contribution is -1.76. The van der Waals surface area contributed by atoms with Crippen LogP contribution in [0.2, 0.25) is 0 Å². The van der Waals surface area contributed by atoms with E-state index in [2.05, 4.69) is 5.92 Å². The molecular weight excluding hydrogens is 139 g/mol. The fraction of sp³-hybridized carbons (Fsp3) is 0.200. The Kier molecular flexibility index (Phi) is 2.28. The molecule has 56 valence electrons. The van der Waals surface area contributed by atoms with Crippen LogP contribution >= 0.6 is 0 Å². The zero-order valence-corrected chi connectivity index (χ0v) is 6.39. The second-order valence-corrected chi connectivity index (χ2v) is 2.45. The molecule has 0 aromatic heterocycles. The number of hydrogen-bond donors (Lipinski definition) is 0. The first-order valence-corrected chi connectivity index (χ1v) is 3.44. The standard InChI is InChI=1S/C10H9F/c1-3-9-6-4-8(2)5-7-10(9)11/h1,4-6H,7H2,2H3. The summed E-state index contributed by atoms with van der Waals surface area (Å²) < 4.78 is 12.9. The summed E-state index contributed by atoms with van der Waals surface area (Å²) >= 11 is 0. The lowest BCUT2D eigenvalue weighted by atomic mass is 10.2. The molecular formula is C10H9F. The van der Waals surface area contributed by atoms with E-state index in [-0.39, 0.29) is 5.83 Å². The normalized spacial score (nSPS) is 17.4. The molecule has 0 saturated carbocycles. The van der Waals surface area contributed by atoms with Crippen LogP contribution in [0.1, 0.15) is 13.3 Å². The maximum Gasteiger partial charge on any atom is 0.119 e. The third kappa shape index (κ3) is 1.81. The van der Waals surface area contributed by atoms with Gasteiger partial charge in [-0.15, -0.1) is 6.42 Å². The third-order valence-corrected chi connectivity index (χ3v) is 1.56. The summed E-state index contributed by atoms with van der Waals surface area (Å²) in [5, 5.41) is 0. The van der Waals surface area contributed by atoms with E-state index in [4.69, 9.17) is 6.42 Å². The molecule has 0 saturated heterocycles. The minimum atomic E-state index is -0.222. The van der Waals surface area contributed by atoms with Gasteiger partial charge in [-0.2, -0.15) is 0 Å². The van der Waals surface area contributed by atoms with E-state index < -0.39 is 0 Å². The van der Waals surface area contributed by atoms with Crippen LogP contribution < -0.4 is 0 Å². The number of terminal acetylenes is 1. The molecule has 0 heterocycles. The Bertz CT molecular complexity index is 284. The Labute approximate surface area is 66.1 Å². The molecule has 11 heavy (non-hydrogen) atoms. The SMILES string of the molecule is C#CC1=C(F)CC=C(C)C=C1. The molecule has 0 aliphatic heterocycles. The van der Waals surface area contributed by atoms with Crippen LogP contribution in [0.5, 0.6) is 0 Å². The minimum absolute atomic E-state index is 0.222. The highest BCUT2D eigenvalue weighted by atomic mass is 19.1. The smallest absolute Gasteiger partial charge is 0.119 e. The lowest BCUT2D eigenvalue weighted by molar-refractivity contribution is 0.613. The molecule has 0 nitrogen and oxygen atoms in total. The Morgan fingerprint density at radius 3 is 2.91 bits per heavy atom. The van der Waals surface area contributed by atoms with Gasteiger partial charge in [0, 0.05) is 6.42 Å². The van der Waals surface area contributed by atoms with E-state index in [1.165, 1.54) is 0 Å². The van der Waals surface area contributed by atoms with Crippen LogP contribution in [-0.2, 0) is 0 Å². The fourth-order valence-corrected chi connectivity index (χ4v) is 0.860. The molecule has 0 spiro atoms. The van der Waals surface area contributed by atoms with Crippen LogP contribution in [0, 0.1) is 12.3 Å². The molecule has 1 heteroatoms. The van der Waals surface area contributed by atoms with Crippen molar-refractivity contribution >= 4 is 0 Å². The summed E-state index contributed by atoms with van der Waals surface area (Å²) in [5.74, 6) is 2.08. The van der Waals surface area contributed by atoms with Gasteiger partial charge in [-0.25, -0.2) is 4.39 Å². The Morgan fingerprint density at radius 2 is 2.27 bits per heavy atom. The van der Waals surface area contributed by atoms with Crippen molar-refractivity contribution in [3.8, 4) is 12.3 Å². The van der Waals surface area contributed by atoms with Gasteiger partial charge < -0.3 is 0 Å². The first-order valence-electron chi connectivity index (χ1n) is 3.44. The van der Waals surface area contributed by atoms with E-state index in [9.17, 15) is 4.39 Å². The van der Waals surface area contributed by atoms with E-state index in [1.54, 1.807) is 6.08 Å². The predicted octanol–water partition coefficient (Wildman–Crippen LogP) is 2.75. The van der Waals surface area contributed by atoms with E-state index >= 15 is 0 Å². The van der Waals surface area contributed by atoms with Crippen molar-refractivity contribution in [2.75, 3.05) is 0 Å². The van der Waals surface area contributed by atoms with Crippen molar-refractivity contribution in [1.29, 1.82) is 0 Å². The van der Waals surface area contributed by atoms with Gasteiger partial charge in [-0.05, 0) is 13.0 Å². The molecule has 1 aliphatic carbocycles. The Hall–Kier alpha value is -1.29. The molecule has 1 aliphatic rings. The third-order valence-electron chi connectivity index (χ3n) is 1.56. The van der Waals surface area contributed by atoms with Crippen molar-refractivity contribution in [3.05, 3.63) is 35.2 Å². The second-order valence-electron chi connectivity index (χ2n) is 2.45. The quantitative estimate of drug-likeness (QED) is 0.463. The topological polar surface area (TPSA) is 0 Å². The molecule has 1 rings (SSSR count). The number of halogens is 1. The summed E-state index contributed by atoms with van der Waals surface area (Å²) in [6.07, 6.45) is 10.7. The molecule has 0 aromatic carbocycles. The highest BCUT2D eigenvalue weighted by Crippen LogP contribution is 2.17. The van der Waals surface area contributed by atoms with Crippen LogP contribution in [0.3, 0.4) is 0 Å². The zero-order chi connectivity index (χ0) is 8.27. The van der Waals surface area contributed by atoms with Crippen molar-refractivity contribution in [1.82, 2.24) is 0 Å². The summed E-state index contributed by atoms with van der Waals surface area (Å²) in [5.41, 5.74) is 1.41. The van der Waals surface area contributed by atoms with Crippen LogP contribution in [-0.4, -0.2) is 0 Å². The summed E-state index contributed by atoms with van der Waals surface area (Å²) in [4.78, 5) is 0. The maximum absolute atomic E-state index is 12.9. The highest BCUT2D eigenvalue weighted by Gasteiger charge is 2.02. The van der Waals surface area contributed by atoms with Crippen LogP contribution in [0.4, 0.5) is 4.39 Å². The van der Waals surface area contributed by atoms with Crippen molar-refractivity contribution in [3.63, 3.8) is 0 Å². The van der Waals surface area contributed by atoms with Gasteiger partial charge in [0.1, 0.15) is 5.83 Å². The van der Waals surface area contributed by atoms with E-state index in [1.807, 2.05) is 19.1 Å². The number of rotatable bonds is 0. The first kappa shape index (κ1) is 7.81. The fourth-order valence-electron chi connectivity index (χ4n) is 0.860. The van der Waals surface area contributed by atoms with Gasteiger partial charge in [-0.3, -0.25) is 0 Å². The average molecular weight is 148 g/mol. The second kappa shape index (κ2) is 3.21. The minimum Gasteiger partial charge on any atom is -0.210 e. The Balaban J connectivity index is 2.99.